The molecule has 1 N–H and O–H groups in total. The molecule has 0 aliphatic heterocycles. The van der Waals surface area contributed by atoms with Crippen LogP contribution >= 0.6 is 0 Å². The van der Waals surface area contributed by atoms with E-state index in [0.29, 0.717) is 17.9 Å². The van der Waals surface area contributed by atoms with Crippen LogP contribution in [0.5, 0.6) is 11.5 Å². The summed E-state index contributed by atoms with van der Waals surface area (Å²) in [5.41, 5.74) is 3.31. The fourth-order valence-electron chi connectivity index (χ4n) is 2.52. The Balaban J connectivity index is 2.26. The van der Waals surface area contributed by atoms with E-state index in [4.69, 9.17) is 9.47 Å². The second-order valence-electron chi connectivity index (χ2n) is 5.82. The summed E-state index contributed by atoms with van der Waals surface area (Å²) in [7, 11) is 3.16. The van der Waals surface area contributed by atoms with Gasteiger partial charge in [-0.15, -0.1) is 6.58 Å². The molecule has 0 bridgehead atoms. The lowest BCUT2D eigenvalue weighted by molar-refractivity contribution is -0.121. The maximum atomic E-state index is 11.8. The van der Waals surface area contributed by atoms with E-state index in [-0.39, 0.29) is 5.91 Å². The fourth-order valence-corrected chi connectivity index (χ4v) is 2.52. The molecule has 0 spiro atoms. The normalized spacial score (nSPS) is 10.6. The first-order valence-electron chi connectivity index (χ1n) is 8.86. The van der Waals surface area contributed by atoms with Gasteiger partial charge >= 0.3 is 0 Å². The highest BCUT2D eigenvalue weighted by atomic mass is 16.5. The number of nitrogens with zero attached hydrogens (tertiary/aromatic N) is 1. The van der Waals surface area contributed by atoms with Gasteiger partial charge < -0.3 is 9.47 Å². The molecule has 138 valence electrons. The molecular weight excluding hydrogens is 316 g/mol. The molecule has 0 saturated heterocycles. The third kappa shape index (κ3) is 8.38. The fraction of sp³-hybridized carbons (Fsp3) is 0.500. The zero-order valence-corrected chi connectivity index (χ0v) is 15.4. The lowest BCUT2D eigenvalue weighted by Gasteiger charge is -2.09. The number of methoxy groups -OCH3 is 2. The molecule has 1 rings (SSSR count). The minimum atomic E-state index is -0.0650. The number of para-hydroxylation sites is 1. The molecule has 25 heavy (non-hydrogen) atoms. The Kier molecular flexibility index (Phi) is 10.8. The third-order valence-corrected chi connectivity index (χ3v) is 3.89. The summed E-state index contributed by atoms with van der Waals surface area (Å²) < 4.78 is 10.5. The minimum absolute atomic E-state index is 0.0650. The number of ether oxygens (including phenoxy) is 2. The molecule has 0 heterocycles. The van der Waals surface area contributed by atoms with E-state index < -0.39 is 0 Å². The molecule has 0 aliphatic carbocycles. The van der Waals surface area contributed by atoms with Crippen LogP contribution in [0.25, 0.3) is 0 Å². The van der Waals surface area contributed by atoms with Crippen molar-refractivity contribution in [1.82, 2.24) is 5.43 Å². The van der Waals surface area contributed by atoms with Gasteiger partial charge in [0.1, 0.15) is 0 Å². The van der Waals surface area contributed by atoms with Crippen LogP contribution in [-0.4, -0.2) is 26.3 Å². The second-order valence-corrected chi connectivity index (χ2v) is 5.82. The van der Waals surface area contributed by atoms with Gasteiger partial charge in [-0.1, -0.05) is 37.8 Å². The van der Waals surface area contributed by atoms with E-state index in [0.717, 1.165) is 24.8 Å². The lowest BCUT2D eigenvalue weighted by Crippen LogP contribution is -2.17. The number of amides is 1. The average Bonchev–Trinajstić information content (AvgIpc) is 2.63. The van der Waals surface area contributed by atoms with E-state index in [1.54, 1.807) is 20.4 Å². The number of carbonyl (C=O) groups excluding carboxylic acids is 1. The highest BCUT2D eigenvalue weighted by molar-refractivity contribution is 5.86. The van der Waals surface area contributed by atoms with E-state index in [1.165, 1.54) is 25.7 Å². The SMILES string of the molecule is C=CCCCCCCCCC(=O)NN=Cc1cccc(OC)c1OC. The molecule has 0 atom stereocenters. The van der Waals surface area contributed by atoms with Gasteiger partial charge in [-0.05, 0) is 31.4 Å². The highest BCUT2D eigenvalue weighted by Gasteiger charge is 2.07. The molecule has 1 aromatic rings. The van der Waals surface area contributed by atoms with Crippen LogP contribution in [0, 0.1) is 0 Å². The molecule has 5 nitrogen and oxygen atoms in total. The Morgan fingerprint density at radius 2 is 1.84 bits per heavy atom. The summed E-state index contributed by atoms with van der Waals surface area (Å²) in [5, 5.41) is 4.00. The predicted molar refractivity (Wildman–Crippen MR) is 102 cm³/mol. The summed E-state index contributed by atoms with van der Waals surface area (Å²) in [6.45, 7) is 3.72. The van der Waals surface area contributed by atoms with Gasteiger partial charge in [0.2, 0.25) is 5.91 Å². The van der Waals surface area contributed by atoms with Gasteiger partial charge in [0.05, 0.1) is 20.4 Å². The topological polar surface area (TPSA) is 59.9 Å². The average molecular weight is 346 g/mol. The molecular formula is C20H30N2O3. The lowest BCUT2D eigenvalue weighted by atomic mass is 10.1. The van der Waals surface area contributed by atoms with Crippen molar-refractivity contribution in [2.45, 2.75) is 51.4 Å². The van der Waals surface area contributed by atoms with Crippen LogP contribution in [0.4, 0.5) is 0 Å². The van der Waals surface area contributed by atoms with Crippen LogP contribution < -0.4 is 14.9 Å². The zero-order chi connectivity index (χ0) is 18.3. The minimum Gasteiger partial charge on any atom is -0.493 e. The van der Waals surface area contributed by atoms with Crippen molar-refractivity contribution in [2.24, 2.45) is 5.10 Å². The van der Waals surface area contributed by atoms with Crippen molar-refractivity contribution in [3.63, 3.8) is 0 Å². The maximum Gasteiger partial charge on any atom is 0.240 e. The Morgan fingerprint density at radius 3 is 2.52 bits per heavy atom. The standard InChI is InChI=1S/C20H30N2O3/c1-4-5-6-7-8-9-10-11-15-19(23)22-21-16-17-13-12-14-18(24-2)20(17)25-3/h4,12-14,16H,1,5-11,15H2,2-3H3,(H,22,23). The Hall–Kier alpha value is -2.30. The molecule has 0 aliphatic rings. The van der Waals surface area contributed by atoms with Crippen molar-refractivity contribution in [3.05, 3.63) is 36.4 Å². The van der Waals surface area contributed by atoms with Gasteiger partial charge in [0.25, 0.3) is 0 Å². The van der Waals surface area contributed by atoms with Crippen LogP contribution in [-0.2, 0) is 4.79 Å². The molecule has 0 saturated carbocycles. The van der Waals surface area contributed by atoms with Gasteiger partial charge in [-0.3, -0.25) is 4.79 Å². The Labute approximate surface area is 151 Å². The highest BCUT2D eigenvalue weighted by Crippen LogP contribution is 2.29. The van der Waals surface area contributed by atoms with Gasteiger partial charge in [-0.25, -0.2) is 5.43 Å². The summed E-state index contributed by atoms with van der Waals surface area (Å²) in [5.74, 6) is 1.16. The largest absolute Gasteiger partial charge is 0.493 e. The smallest absolute Gasteiger partial charge is 0.240 e. The van der Waals surface area contributed by atoms with Crippen LogP contribution in [0.15, 0.2) is 36.0 Å². The van der Waals surface area contributed by atoms with E-state index >= 15 is 0 Å². The molecule has 1 amide bonds. The number of carbonyl (C=O) groups is 1. The molecule has 1 aromatic carbocycles. The molecule has 0 fully saturated rings. The van der Waals surface area contributed by atoms with Crippen molar-refractivity contribution >= 4 is 12.1 Å². The van der Waals surface area contributed by atoms with Crippen molar-refractivity contribution in [2.75, 3.05) is 14.2 Å². The summed E-state index contributed by atoms with van der Waals surface area (Å²) in [6.07, 6.45) is 12.0. The summed E-state index contributed by atoms with van der Waals surface area (Å²) in [6, 6.07) is 5.51. The number of hydrazone groups is 1. The number of rotatable bonds is 13. The first-order valence-corrected chi connectivity index (χ1v) is 8.86. The van der Waals surface area contributed by atoms with E-state index in [1.807, 2.05) is 24.3 Å². The van der Waals surface area contributed by atoms with Crippen molar-refractivity contribution in [1.29, 1.82) is 0 Å². The molecule has 0 unspecified atom stereocenters. The Bertz CT molecular complexity index is 556. The summed E-state index contributed by atoms with van der Waals surface area (Å²) in [4.78, 5) is 11.8. The predicted octanol–water partition coefficient (Wildman–Crippen LogP) is 4.46. The van der Waals surface area contributed by atoms with Crippen LogP contribution in [0.2, 0.25) is 0 Å². The number of hydrogen-bond donors (Lipinski definition) is 1. The number of unbranched alkanes of at least 4 members (excludes halogenated alkanes) is 6. The quantitative estimate of drug-likeness (QED) is 0.248. The Morgan fingerprint density at radius 1 is 1.12 bits per heavy atom. The number of hydrogen-bond acceptors (Lipinski definition) is 4. The monoisotopic (exact) mass is 346 g/mol. The number of allylic oxidation sites excluding steroid dienone is 1. The maximum absolute atomic E-state index is 11.8. The summed E-state index contributed by atoms with van der Waals surface area (Å²) >= 11 is 0. The van der Waals surface area contributed by atoms with Gasteiger partial charge in [-0.2, -0.15) is 5.10 Å². The second kappa shape index (κ2) is 13.0. The first kappa shape index (κ1) is 20.7. The van der Waals surface area contributed by atoms with E-state index in [9.17, 15) is 4.79 Å². The van der Waals surface area contributed by atoms with Crippen LogP contribution in [0.1, 0.15) is 56.9 Å². The van der Waals surface area contributed by atoms with E-state index in [2.05, 4.69) is 17.1 Å². The van der Waals surface area contributed by atoms with Gasteiger partial charge in [0.15, 0.2) is 11.5 Å². The number of nitrogens with one attached hydrogen (secondary N) is 1. The molecule has 0 aromatic heterocycles. The van der Waals surface area contributed by atoms with Gasteiger partial charge in [0, 0.05) is 12.0 Å². The third-order valence-electron chi connectivity index (χ3n) is 3.89. The molecule has 0 radical (unpaired) electrons. The number of benzene rings is 1. The van der Waals surface area contributed by atoms with Crippen molar-refractivity contribution < 1.29 is 14.3 Å². The first-order chi connectivity index (χ1) is 12.2. The van der Waals surface area contributed by atoms with Crippen molar-refractivity contribution in [3.8, 4) is 11.5 Å². The van der Waals surface area contributed by atoms with Crippen LogP contribution in [0.3, 0.4) is 0 Å². The molecule has 5 heteroatoms. The zero-order valence-electron chi connectivity index (χ0n) is 15.4.